The van der Waals surface area contributed by atoms with Crippen molar-refractivity contribution >= 4 is 28.8 Å². The number of hydrogen-bond acceptors (Lipinski definition) is 4. The number of piperazine rings is 1. The minimum atomic E-state index is -1.96. The number of thiocarbonyl (C=S) groups is 1. The van der Waals surface area contributed by atoms with Gasteiger partial charge in [-0.05, 0) is 11.1 Å². The van der Waals surface area contributed by atoms with Gasteiger partial charge in [0.25, 0.3) is 0 Å². The van der Waals surface area contributed by atoms with E-state index in [1.165, 1.54) is 0 Å². The molecule has 1 unspecified atom stereocenters. The molecule has 12 heavy (non-hydrogen) atoms. The normalized spacial score (nSPS) is 22.2. The highest BCUT2D eigenvalue weighted by Crippen LogP contribution is 1.99. The molecule has 0 saturated carbocycles. The zero-order chi connectivity index (χ0) is 8.97. The van der Waals surface area contributed by atoms with E-state index in [1.54, 1.807) is 5.49 Å². The molecule has 1 fully saturated rings. The lowest BCUT2D eigenvalue weighted by atomic mass is 10.4. The Kier molecular flexibility index (Phi) is 4.07. The molecule has 4 nitrogen and oxygen atoms in total. The molecule has 1 saturated heterocycles. The molecular formula is C6H11N2O2S2-. The summed E-state index contributed by atoms with van der Waals surface area (Å²) in [6.45, 7) is 3.23. The van der Waals surface area contributed by atoms with E-state index in [-0.39, 0.29) is 5.88 Å². The third kappa shape index (κ3) is 3.14. The highest BCUT2D eigenvalue weighted by atomic mass is 32.2. The second kappa shape index (κ2) is 4.86. The van der Waals surface area contributed by atoms with E-state index >= 15 is 0 Å². The van der Waals surface area contributed by atoms with Gasteiger partial charge in [-0.3, -0.25) is 9.11 Å². The summed E-state index contributed by atoms with van der Waals surface area (Å²) in [7, 11) is 0. The zero-order valence-electron chi connectivity index (χ0n) is 6.64. The van der Waals surface area contributed by atoms with Crippen molar-refractivity contribution in [1.82, 2.24) is 9.80 Å². The Morgan fingerprint density at radius 1 is 1.42 bits per heavy atom. The first kappa shape index (κ1) is 10.0. The first-order valence-corrected chi connectivity index (χ1v) is 5.41. The number of nitrogens with zero attached hydrogens (tertiary/aromatic N) is 2. The summed E-state index contributed by atoms with van der Waals surface area (Å²) in [5, 5.41) is 0. The molecular weight excluding hydrogens is 196 g/mol. The van der Waals surface area contributed by atoms with Crippen LogP contribution in [-0.4, -0.2) is 56.1 Å². The number of hydrogen-bond donors (Lipinski definition) is 0. The van der Waals surface area contributed by atoms with Crippen molar-refractivity contribution in [3.8, 4) is 0 Å². The maximum absolute atomic E-state index is 10.3. The van der Waals surface area contributed by atoms with Crippen molar-refractivity contribution < 1.29 is 8.76 Å². The van der Waals surface area contributed by atoms with Crippen molar-refractivity contribution in [3.05, 3.63) is 0 Å². The third-order valence-electron chi connectivity index (χ3n) is 1.84. The van der Waals surface area contributed by atoms with Gasteiger partial charge in [0.15, 0.2) is 0 Å². The summed E-state index contributed by atoms with van der Waals surface area (Å²) >= 11 is 2.80. The van der Waals surface area contributed by atoms with E-state index in [0.717, 1.165) is 26.2 Å². The molecule has 0 aliphatic carbocycles. The van der Waals surface area contributed by atoms with E-state index in [4.69, 9.17) is 12.2 Å². The summed E-state index contributed by atoms with van der Waals surface area (Å²) in [5.41, 5.74) is 1.63. The molecule has 0 bridgehead atoms. The van der Waals surface area contributed by atoms with Gasteiger partial charge in [0, 0.05) is 26.2 Å². The molecule has 0 aromatic heterocycles. The second-order valence-electron chi connectivity index (χ2n) is 2.69. The van der Waals surface area contributed by atoms with Crippen LogP contribution >= 0.6 is 12.2 Å². The van der Waals surface area contributed by atoms with Crippen LogP contribution in [0.25, 0.3) is 0 Å². The van der Waals surface area contributed by atoms with Crippen molar-refractivity contribution in [1.29, 1.82) is 0 Å². The lowest BCUT2D eigenvalue weighted by Crippen LogP contribution is -2.46. The van der Waals surface area contributed by atoms with Crippen molar-refractivity contribution in [2.45, 2.75) is 0 Å². The second-order valence-corrected chi connectivity index (χ2v) is 3.77. The minimum absolute atomic E-state index is 0.144. The Balaban J connectivity index is 2.26. The fraction of sp³-hybridized carbons (Fsp3) is 0.833. The Morgan fingerprint density at radius 3 is 2.42 bits per heavy atom. The van der Waals surface area contributed by atoms with Crippen LogP contribution in [0.5, 0.6) is 0 Å². The zero-order valence-corrected chi connectivity index (χ0v) is 8.27. The van der Waals surface area contributed by atoms with Crippen LogP contribution in [-0.2, 0) is 11.1 Å². The van der Waals surface area contributed by atoms with Crippen LogP contribution in [0.2, 0.25) is 0 Å². The van der Waals surface area contributed by atoms with Gasteiger partial charge >= 0.3 is 0 Å². The lowest BCUT2D eigenvalue weighted by Gasteiger charge is -2.33. The predicted octanol–water partition coefficient (Wildman–Crippen LogP) is -0.602. The summed E-state index contributed by atoms with van der Waals surface area (Å²) in [6, 6.07) is 0. The summed E-state index contributed by atoms with van der Waals surface area (Å²) in [6.07, 6.45) is 0. The Bertz CT molecular complexity index is 180. The summed E-state index contributed by atoms with van der Waals surface area (Å²) in [5.74, 6) is 0.144. The molecule has 1 heterocycles. The van der Waals surface area contributed by atoms with Crippen molar-refractivity contribution in [2.75, 3.05) is 32.1 Å². The van der Waals surface area contributed by atoms with E-state index in [0.29, 0.717) is 0 Å². The molecule has 0 radical (unpaired) electrons. The molecule has 1 aliphatic heterocycles. The van der Waals surface area contributed by atoms with Gasteiger partial charge in [0.1, 0.15) is 0 Å². The lowest BCUT2D eigenvalue weighted by molar-refractivity contribution is 0.209. The maximum atomic E-state index is 10.3. The molecule has 1 atom stereocenters. The monoisotopic (exact) mass is 207 g/mol. The van der Waals surface area contributed by atoms with E-state index in [2.05, 4.69) is 0 Å². The van der Waals surface area contributed by atoms with Crippen LogP contribution in [0.4, 0.5) is 0 Å². The van der Waals surface area contributed by atoms with Gasteiger partial charge in [0.2, 0.25) is 0 Å². The topological polar surface area (TPSA) is 46.6 Å². The van der Waals surface area contributed by atoms with Gasteiger partial charge in [0.05, 0.1) is 11.4 Å². The SMILES string of the molecule is O=S([O-])CN1CCN(C=S)CC1. The fourth-order valence-corrected chi connectivity index (χ4v) is 1.91. The highest BCUT2D eigenvalue weighted by Gasteiger charge is 2.13. The van der Waals surface area contributed by atoms with Crippen LogP contribution in [0, 0.1) is 0 Å². The molecule has 0 aromatic carbocycles. The third-order valence-corrected chi connectivity index (χ3v) is 2.72. The number of rotatable bonds is 3. The molecule has 0 N–H and O–H groups in total. The standard InChI is InChI=1S/C6H12N2O2S2/c9-12(10)6-8-3-1-7(5-11)2-4-8/h5H,1-4,6H2,(H,9,10)/p-1. The summed E-state index contributed by atoms with van der Waals surface area (Å²) < 4.78 is 20.7. The van der Waals surface area contributed by atoms with Crippen LogP contribution < -0.4 is 0 Å². The predicted molar refractivity (Wildman–Crippen MR) is 50.6 cm³/mol. The van der Waals surface area contributed by atoms with E-state index in [9.17, 15) is 8.76 Å². The fourth-order valence-electron chi connectivity index (χ4n) is 1.15. The minimum Gasteiger partial charge on any atom is -0.771 e. The van der Waals surface area contributed by atoms with E-state index < -0.39 is 11.1 Å². The molecule has 6 heteroatoms. The Morgan fingerprint density at radius 2 is 2.00 bits per heavy atom. The average Bonchev–Trinajstić information content (AvgIpc) is 2.05. The van der Waals surface area contributed by atoms with Gasteiger partial charge in [-0.2, -0.15) is 0 Å². The van der Waals surface area contributed by atoms with Crippen LogP contribution in [0.1, 0.15) is 0 Å². The van der Waals surface area contributed by atoms with Crippen molar-refractivity contribution in [3.63, 3.8) is 0 Å². The van der Waals surface area contributed by atoms with Gasteiger partial charge in [-0.25, -0.2) is 0 Å². The smallest absolute Gasteiger partial charge is 0.0641 e. The molecule has 0 aromatic rings. The van der Waals surface area contributed by atoms with Crippen LogP contribution in [0.3, 0.4) is 0 Å². The first-order valence-electron chi connectivity index (χ1n) is 3.70. The van der Waals surface area contributed by atoms with E-state index in [1.807, 2.05) is 9.80 Å². The van der Waals surface area contributed by atoms with Gasteiger partial charge < -0.3 is 9.45 Å². The molecule has 70 valence electrons. The van der Waals surface area contributed by atoms with Crippen LogP contribution in [0.15, 0.2) is 0 Å². The molecule has 1 rings (SSSR count). The maximum Gasteiger partial charge on any atom is 0.0641 e. The van der Waals surface area contributed by atoms with Gasteiger partial charge in [-0.15, -0.1) is 0 Å². The molecule has 0 amide bonds. The molecule has 0 spiro atoms. The largest absolute Gasteiger partial charge is 0.771 e. The van der Waals surface area contributed by atoms with Crippen molar-refractivity contribution in [2.24, 2.45) is 0 Å². The highest BCUT2D eigenvalue weighted by molar-refractivity contribution is 7.79. The average molecular weight is 207 g/mol. The first-order chi connectivity index (χ1) is 5.72. The summed E-state index contributed by atoms with van der Waals surface area (Å²) in [4.78, 5) is 3.91. The Hall–Kier alpha value is -0.0400. The quantitative estimate of drug-likeness (QED) is 0.457. The Labute approximate surface area is 79.8 Å². The molecule has 1 aliphatic rings. The van der Waals surface area contributed by atoms with Gasteiger partial charge in [-0.1, -0.05) is 12.2 Å².